The minimum Gasteiger partial charge on any atom is -0.406 e. The fourth-order valence-corrected chi connectivity index (χ4v) is 1.84. The Labute approximate surface area is 115 Å². The first-order valence-corrected chi connectivity index (χ1v) is 6.24. The second kappa shape index (κ2) is 7.27. The van der Waals surface area contributed by atoms with E-state index >= 15 is 0 Å². The normalized spacial score (nSPS) is 37.7. The van der Waals surface area contributed by atoms with Crippen molar-refractivity contribution in [3.8, 4) is 0 Å². The van der Waals surface area contributed by atoms with Crippen LogP contribution in [0.5, 0.6) is 0 Å². The van der Waals surface area contributed by atoms with Crippen molar-refractivity contribution in [2.24, 2.45) is 5.73 Å². The zero-order chi connectivity index (χ0) is 15.3. The highest BCUT2D eigenvalue weighted by molar-refractivity contribution is 5.66. The molecule has 1 aliphatic rings. The molecule has 0 aliphatic carbocycles. The van der Waals surface area contributed by atoms with Crippen LogP contribution in [0.3, 0.4) is 0 Å². The molecule has 1 rings (SSSR count). The average Bonchev–Trinajstić information content (AvgIpc) is 2.40. The van der Waals surface area contributed by atoms with Crippen LogP contribution in [-0.4, -0.2) is 76.5 Å². The van der Waals surface area contributed by atoms with Gasteiger partial charge in [0.2, 0.25) is 0 Å². The third-order valence-corrected chi connectivity index (χ3v) is 2.85. The van der Waals surface area contributed by atoms with E-state index in [0.29, 0.717) is 13.0 Å². The zero-order valence-electron chi connectivity index (χ0n) is 11.1. The Hall–Kier alpha value is -0.810. The zero-order valence-corrected chi connectivity index (χ0v) is 11.1. The second-order valence-corrected chi connectivity index (χ2v) is 4.45. The van der Waals surface area contributed by atoms with Crippen LogP contribution in [0.25, 0.3) is 0 Å². The number of nitrogens with two attached hydrogens (primary N) is 1. The molecule has 6 N–H and O–H groups in total. The Morgan fingerprint density at radius 3 is 2.50 bits per heavy atom. The highest BCUT2D eigenvalue weighted by Crippen LogP contribution is 2.32. The fourth-order valence-electron chi connectivity index (χ4n) is 1.84. The number of carbonyl (C=O) groups is 1. The number of ether oxygens (including phenoxy) is 3. The van der Waals surface area contributed by atoms with Crippen LogP contribution in [-0.2, 0) is 19.0 Å². The van der Waals surface area contributed by atoms with Crippen LogP contribution in [0.4, 0.5) is 0 Å². The average molecular weight is 295 g/mol. The van der Waals surface area contributed by atoms with E-state index in [2.05, 4.69) is 0 Å². The molecule has 1 saturated heterocycles. The molecule has 9 heteroatoms. The minimum atomic E-state index is -2.28. The largest absolute Gasteiger partial charge is 0.406 e. The molecule has 20 heavy (non-hydrogen) atoms. The summed E-state index contributed by atoms with van der Waals surface area (Å²) >= 11 is 0. The van der Waals surface area contributed by atoms with Crippen molar-refractivity contribution in [1.29, 1.82) is 0 Å². The maximum Gasteiger partial charge on any atom is 0.359 e. The van der Waals surface area contributed by atoms with Crippen LogP contribution < -0.4 is 5.73 Å². The molecule has 0 amide bonds. The molecule has 0 radical (unpaired) electrons. The summed E-state index contributed by atoms with van der Waals surface area (Å²) in [6.45, 7) is 0.687. The smallest absolute Gasteiger partial charge is 0.359 e. The van der Waals surface area contributed by atoms with Crippen molar-refractivity contribution in [3.05, 3.63) is 0 Å². The van der Waals surface area contributed by atoms with Gasteiger partial charge in [0, 0.05) is 6.92 Å². The Balaban J connectivity index is 2.95. The van der Waals surface area contributed by atoms with Crippen molar-refractivity contribution in [2.45, 2.75) is 43.7 Å². The number of hydrogen-bond donors (Lipinski definition) is 5. The quantitative estimate of drug-likeness (QED) is 0.196. The van der Waals surface area contributed by atoms with Crippen molar-refractivity contribution in [1.82, 2.24) is 0 Å². The summed E-state index contributed by atoms with van der Waals surface area (Å²) in [5.74, 6) is -3.11. The van der Waals surface area contributed by atoms with E-state index in [1.807, 2.05) is 0 Å². The first-order valence-electron chi connectivity index (χ1n) is 6.24. The number of hydrogen-bond acceptors (Lipinski definition) is 9. The molecule has 1 aliphatic heterocycles. The first kappa shape index (κ1) is 17.2. The van der Waals surface area contributed by atoms with Gasteiger partial charge in [0.1, 0.15) is 18.3 Å². The number of carbonyl (C=O) groups excluding carboxylic acids is 1. The molecule has 0 aromatic rings. The molecule has 0 aromatic carbocycles. The Kier molecular flexibility index (Phi) is 6.27. The second-order valence-electron chi connectivity index (χ2n) is 4.45. The molecule has 5 atom stereocenters. The van der Waals surface area contributed by atoms with Gasteiger partial charge in [-0.1, -0.05) is 0 Å². The number of rotatable bonds is 6. The molecule has 1 heterocycles. The maximum atomic E-state index is 11.2. The predicted molar refractivity (Wildman–Crippen MR) is 64.1 cm³/mol. The van der Waals surface area contributed by atoms with Gasteiger partial charge in [-0.15, -0.1) is 0 Å². The van der Waals surface area contributed by atoms with Crippen LogP contribution in [0, 0.1) is 0 Å². The van der Waals surface area contributed by atoms with Gasteiger partial charge < -0.3 is 40.4 Å². The molecule has 9 nitrogen and oxygen atoms in total. The van der Waals surface area contributed by atoms with Crippen molar-refractivity contribution in [2.75, 3.05) is 19.8 Å². The van der Waals surface area contributed by atoms with Gasteiger partial charge in [-0.2, -0.15) is 0 Å². The molecule has 0 spiro atoms. The molecular formula is C11H21NO8. The summed E-state index contributed by atoms with van der Waals surface area (Å²) < 4.78 is 15.2. The lowest BCUT2D eigenvalue weighted by molar-refractivity contribution is -0.447. The van der Waals surface area contributed by atoms with Crippen molar-refractivity contribution < 1.29 is 39.4 Å². The third-order valence-electron chi connectivity index (χ3n) is 2.85. The van der Waals surface area contributed by atoms with Crippen LogP contribution in [0.2, 0.25) is 0 Å². The first-order chi connectivity index (χ1) is 9.38. The Morgan fingerprint density at radius 1 is 1.35 bits per heavy atom. The summed E-state index contributed by atoms with van der Waals surface area (Å²) in [6, 6.07) is 0. The molecule has 118 valence electrons. The monoisotopic (exact) mass is 295 g/mol. The van der Waals surface area contributed by atoms with Gasteiger partial charge in [0.15, 0.2) is 6.10 Å². The van der Waals surface area contributed by atoms with Crippen LogP contribution in [0.15, 0.2) is 0 Å². The molecule has 0 saturated carbocycles. The fraction of sp³-hybridized carbons (Fsp3) is 0.909. The van der Waals surface area contributed by atoms with Gasteiger partial charge in [-0.25, -0.2) is 0 Å². The summed E-state index contributed by atoms with van der Waals surface area (Å²) in [7, 11) is 0. The van der Waals surface area contributed by atoms with E-state index in [4.69, 9.17) is 25.1 Å². The van der Waals surface area contributed by atoms with Crippen LogP contribution in [0.1, 0.15) is 13.3 Å². The van der Waals surface area contributed by atoms with E-state index in [-0.39, 0.29) is 6.61 Å². The maximum absolute atomic E-state index is 11.2. The van der Waals surface area contributed by atoms with Crippen molar-refractivity contribution >= 4 is 5.97 Å². The van der Waals surface area contributed by atoms with Gasteiger partial charge in [0.25, 0.3) is 0 Å². The van der Waals surface area contributed by atoms with Gasteiger partial charge in [-0.05, 0) is 13.0 Å². The number of aliphatic hydroxyl groups excluding tert-OH is 4. The molecule has 0 bridgehead atoms. The predicted octanol–water partition coefficient (Wildman–Crippen LogP) is -2.96. The standard InChI is InChI=1S/C11H21NO8/c1-6(14)19-11(18-4-2-3-12)10(17)9(16)8(15)7(5-13)20-11/h7-10,13,15-17H,2-5,12H2,1H3/t7-,8+,9+,10-,11-/m1/s1. The van der Waals surface area contributed by atoms with Gasteiger partial charge in [-0.3, -0.25) is 4.79 Å². The van der Waals surface area contributed by atoms with Crippen molar-refractivity contribution in [3.63, 3.8) is 0 Å². The molecular weight excluding hydrogens is 274 g/mol. The summed E-state index contributed by atoms with van der Waals surface area (Å²) in [5, 5.41) is 38.5. The molecule has 0 aromatic heterocycles. The van der Waals surface area contributed by atoms with Crippen LogP contribution >= 0.6 is 0 Å². The number of aliphatic hydroxyl groups is 4. The summed E-state index contributed by atoms with van der Waals surface area (Å²) in [4.78, 5) is 11.2. The van der Waals surface area contributed by atoms with Gasteiger partial charge in [0.05, 0.1) is 13.2 Å². The Morgan fingerprint density at radius 2 is 2.00 bits per heavy atom. The summed E-state index contributed by atoms with van der Waals surface area (Å²) in [6.07, 6.45) is -5.97. The minimum absolute atomic E-state index is 0.0121. The van der Waals surface area contributed by atoms with E-state index < -0.39 is 43.0 Å². The van der Waals surface area contributed by atoms with E-state index in [1.54, 1.807) is 0 Å². The van der Waals surface area contributed by atoms with E-state index in [0.717, 1.165) is 6.92 Å². The van der Waals surface area contributed by atoms with E-state index in [9.17, 15) is 20.1 Å². The third kappa shape index (κ3) is 3.64. The molecule has 1 fully saturated rings. The van der Waals surface area contributed by atoms with E-state index in [1.165, 1.54) is 0 Å². The topological polar surface area (TPSA) is 152 Å². The molecule has 0 unspecified atom stereocenters. The lowest BCUT2D eigenvalue weighted by Crippen LogP contribution is -2.67. The lowest BCUT2D eigenvalue weighted by Gasteiger charge is -2.46. The highest BCUT2D eigenvalue weighted by atomic mass is 16.9. The summed E-state index contributed by atoms with van der Waals surface area (Å²) in [5.41, 5.74) is 5.31. The SMILES string of the molecule is CC(=O)O[C@@]1(OCCCN)O[C@H](CO)[C@H](O)[C@H](O)[C@H]1O. The Bertz CT molecular complexity index is 326. The number of esters is 1. The van der Waals surface area contributed by atoms with Gasteiger partial charge >= 0.3 is 11.9 Å². The lowest BCUT2D eigenvalue weighted by atomic mass is 9.97. The highest BCUT2D eigenvalue weighted by Gasteiger charge is 2.57.